The van der Waals surface area contributed by atoms with Crippen molar-refractivity contribution in [3.63, 3.8) is 0 Å². The van der Waals surface area contributed by atoms with Gasteiger partial charge in [-0.1, -0.05) is 0 Å². The third-order valence-electron chi connectivity index (χ3n) is 3.08. The maximum atomic E-state index is 11.1. The molecule has 92 valence electrons. The van der Waals surface area contributed by atoms with E-state index >= 15 is 0 Å². The quantitative estimate of drug-likeness (QED) is 0.808. The molecule has 2 heterocycles. The van der Waals surface area contributed by atoms with Crippen molar-refractivity contribution in [1.82, 2.24) is 30.2 Å². The molecule has 8 heteroatoms. The SMILES string of the molecule is O=C(O)C1(Cn2nnnc2-c2cnccn2)CC1. The van der Waals surface area contributed by atoms with Crippen LogP contribution < -0.4 is 0 Å². The highest BCUT2D eigenvalue weighted by Gasteiger charge is 2.51. The Balaban J connectivity index is 1.91. The predicted molar refractivity (Wildman–Crippen MR) is 58.1 cm³/mol. The fraction of sp³-hybridized carbons (Fsp3) is 0.400. The lowest BCUT2D eigenvalue weighted by molar-refractivity contribution is -0.144. The Hall–Kier alpha value is -2.38. The number of carboxylic acids is 1. The third-order valence-corrected chi connectivity index (χ3v) is 3.08. The largest absolute Gasteiger partial charge is 0.481 e. The maximum absolute atomic E-state index is 11.1. The first-order chi connectivity index (χ1) is 8.71. The normalized spacial score (nSPS) is 16.4. The number of hydrogen-bond donors (Lipinski definition) is 1. The van der Waals surface area contributed by atoms with Gasteiger partial charge in [0.15, 0.2) is 0 Å². The van der Waals surface area contributed by atoms with E-state index in [1.54, 1.807) is 18.6 Å². The van der Waals surface area contributed by atoms with Gasteiger partial charge in [-0.05, 0) is 23.3 Å². The number of aliphatic carboxylic acids is 1. The van der Waals surface area contributed by atoms with E-state index in [4.69, 9.17) is 5.11 Å². The van der Waals surface area contributed by atoms with Crippen LogP contribution in [0.5, 0.6) is 0 Å². The van der Waals surface area contributed by atoms with Crippen LogP contribution in [0.15, 0.2) is 18.6 Å². The van der Waals surface area contributed by atoms with Crippen LogP contribution in [0.3, 0.4) is 0 Å². The Morgan fingerprint density at radius 2 is 2.28 bits per heavy atom. The van der Waals surface area contributed by atoms with Crippen LogP contribution in [-0.4, -0.2) is 41.3 Å². The highest BCUT2D eigenvalue weighted by Crippen LogP contribution is 2.47. The number of aromatic nitrogens is 6. The molecule has 3 rings (SSSR count). The molecule has 0 radical (unpaired) electrons. The predicted octanol–water partition coefficient (Wildman–Crippen LogP) is -0.00510. The van der Waals surface area contributed by atoms with E-state index in [0.29, 0.717) is 24.4 Å². The van der Waals surface area contributed by atoms with Crippen LogP contribution in [-0.2, 0) is 11.3 Å². The number of carboxylic acid groups (broad SMARTS) is 1. The fourth-order valence-electron chi connectivity index (χ4n) is 1.79. The molecule has 1 fully saturated rings. The fourth-order valence-corrected chi connectivity index (χ4v) is 1.79. The molecule has 0 amide bonds. The van der Waals surface area contributed by atoms with Crippen LogP contribution in [0.25, 0.3) is 11.5 Å². The van der Waals surface area contributed by atoms with Crippen molar-refractivity contribution in [3.8, 4) is 11.5 Å². The molecule has 0 saturated heterocycles. The van der Waals surface area contributed by atoms with Crippen LogP contribution in [0.2, 0.25) is 0 Å². The molecule has 2 aromatic heterocycles. The van der Waals surface area contributed by atoms with E-state index in [2.05, 4.69) is 25.5 Å². The van der Waals surface area contributed by atoms with Gasteiger partial charge in [-0.15, -0.1) is 5.10 Å². The van der Waals surface area contributed by atoms with Crippen LogP contribution >= 0.6 is 0 Å². The van der Waals surface area contributed by atoms with Gasteiger partial charge in [0, 0.05) is 12.4 Å². The zero-order valence-electron chi connectivity index (χ0n) is 9.39. The molecule has 8 nitrogen and oxygen atoms in total. The molecular formula is C10H10N6O2. The molecule has 1 saturated carbocycles. The van der Waals surface area contributed by atoms with Crippen LogP contribution in [0, 0.1) is 5.41 Å². The van der Waals surface area contributed by atoms with E-state index in [0.717, 1.165) is 0 Å². The molecule has 0 unspecified atom stereocenters. The van der Waals surface area contributed by atoms with E-state index in [1.807, 2.05) is 0 Å². The molecule has 18 heavy (non-hydrogen) atoms. The van der Waals surface area contributed by atoms with Gasteiger partial charge in [-0.3, -0.25) is 9.78 Å². The molecule has 1 aliphatic rings. The first-order valence-electron chi connectivity index (χ1n) is 5.47. The van der Waals surface area contributed by atoms with E-state index in [1.165, 1.54) is 4.68 Å². The summed E-state index contributed by atoms with van der Waals surface area (Å²) in [4.78, 5) is 19.2. The summed E-state index contributed by atoms with van der Waals surface area (Å²) in [7, 11) is 0. The van der Waals surface area contributed by atoms with E-state index in [-0.39, 0.29) is 6.54 Å². The van der Waals surface area contributed by atoms with Crippen LogP contribution in [0.4, 0.5) is 0 Å². The van der Waals surface area contributed by atoms with Gasteiger partial charge in [0.1, 0.15) is 5.69 Å². The van der Waals surface area contributed by atoms with Crippen molar-refractivity contribution in [1.29, 1.82) is 0 Å². The maximum Gasteiger partial charge on any atom is 0.311 e. The minimum Gasteiger partial charge on any atom is -0.481 e. The number of hydrogen-bond acceptors (Lipinski definition) is 6. The van der Waals surface area contributed by atoms with Gasteiger partial charge in [-0.2, -0.15) is 0 Å². The second-order valence-corrected chi connectivity index (χ2v) is 4.34. The average Bonchev–Trinajstić information content (AvgIpc) is 3.02. The molecule has 0 atom stereocenters. The topological polar surface area (TPSA) is 107 Å². The first kappa shape index (κ1) is 10.8. The molecular weight excluding hydrogens is 236 g/mol. The van der Waals surface area contributed by atoms with Gasteiger partial charge in [0.2, 0.25) is 5.82 Å². The van der Waals surface area contributed by atoms with E-state index in [9.17, 15) is 4.79 Å². The number of tetrazole rings is 1. The molecule has 0 spiro atoms. The molecule has 1 N–H and O–H groups in total. The Kier molecular flexibility index (Phi) is 2.29. The van der Waals surface area contributed by atoms with Crippen LogP contribution in [0.1, 0.15) is 12.8 Å². The number of nitrogens with zero attached hydrogens (tertiary/aromatic N) is 6. The van der Waals surface area contributed by atoms with Crippen molar-refractivity contribution >= 4 is 5.97 Å². The Morgan fingerprint density at radius 1 is 1.44 bits per heavy atom. The average molecular weight is 246 g/mol. The lowest BCUT2D eigenvalue weighted by atomic mass is 10.1. The van der Waals surface area contributed by atoms with Gasteiger partial charge in [0.05, 0.1) is 18.2 Å². The summed E-state index contributed by atoms with van der Waals surface area (Å²) in [5.41, 5.74) is -0.185. The Morgan fingerprint density at radius 3 is 2.89 bits per heavy atom. The summed E-state index contributed by atoms with van der Waals surface area (Å²) < 4.78 is 1.48. The second kappa shape index (κ2) is 3.83. The summed E-state index contributed by atoms with van der Waals surface area (Å²) in [5, 5.41) is 20.4. The van der Waals surface area contributed by atoms with E-state index < -0.39 is 11.4 Å². The minimum atomic E-state index is -0.803. The van der Waals surface area contributed by atoms with Gasteiger partial charge >= 0.3 is 5.97 Å². The smallest absolute Gasteiger partial charge is 0.311 e. The first-order valence-corrected chi connectivity index (χ1v) is 5.47. The second-order valence-electron chi connectivity index (χ2n) is 4.34. The summed E-state index contributed by atoms with van der Waals surface area (Å²) in [6.07, 6.45) is 5.95. The van der Waals surface area contributed by atoms with Crippen molar-refractivity contribution in [2.24, 2.45) is 5.41 Å². The summed E-state index contributed by atoms with van der Waals surface area (Å²) in [5.74, 6) is -0.362. The number of carbonyl (C=O) groups is 1. The molecule has 2 aromatic rings. The lowest BCUT2D eigenvalue weighted by Gasteiger charge is -2.09. The summed E-state index contributed by atoms with van der Waals surface area (Å²) >= 11 is 0. The Labute approximate surface area is 102 Å². The highest BCUT2D eigenvalue weighted by atomic mass is 16.4. The standard InChI is InChI=1S/C10H10N6O2/c17-9(18)10(1-2-10)6-16-8(13-14-15-16)7-5-11-3-4-12-7/h3-5H,1-2,6H2,(H,17,18). The zero-order chi connectivity index (χ0) is 12.6. The molecule has 0 bridgehead atoms. The molecule has 0 aromatic carbocycles. The summed E-state index contributed by atoms with van der Waals surface area (Å²) in [6, 6.07) is 0. The minimum absolute atomic E-state index is 0.265. The lowest BCUT2D eigenvalue weighted by Crippen LogP contribution is -2.22. The molecule has 0 aliphatic heterocycles. The van der Waals surface area contributed by atoms with Crippen molar-refractivity contribution < 1.29 is 9.90 Å². The molecule has 1 aliphatic carbocycles. The van der Waals surface area contributed by atoms with Gasteiger partial charge in [-0.25, -0.2) is 9.67 Å². The zero-order valence-corrected chi connectivity index (χ0v) is 9.39. The van der Waals surface area contributed by atoms with Crippen molar-refractivity contribution in [2.45, 2.75) is 19.4 Å². The van der Waals surface area contributed by atoms with Crippen molar-refractivity contribution in [2.75, 3.05) is 0 Å². The Bertz CT molecular complexity index is 577. The number of rotatable bonds is 4. The highest BCUT2D eigenvalue weighted by molar-refractivity contribution is 5.77. The van der Waals surface area contributed by atoms with Gasteiger partial charge < -0.3 is 5.11 Å². The van der Waals surface area contributed by atoms with Crippen molar-refractivity contribution in [3.05, 3.63) is 18.6 Å². The third kappa shape index (κ3) is 1.71. The van der Waals surface area contributed by atoms with Gasteiger partial charge in [0.25, 0.3) is 0 Å². The summed E-state index contributed by atoms with van der Waals surface area (Å²) in [6.45, 7) is 0.265. The monoisotopic (exact) mass is 246 g/mol.